The molecule has 2 aromatic heterocycles. The van der Waals surface area contributed by atoms with E-state index in [1.54, 1.807) is 6.33 Å². The van der Waals surface area contributed by atoms with Crippen LogP contribution in [0, 0.1) is 0 Å². The highest BCUT2D eigenvalue weighted by atomic mass is 14.9. The molecule has 0 unspecified atom stereocenters. The highest BCUT2D eigenvalue weighted by Crippen LogP contribution is 2.09. The number of H-pyrrole nitrogens is 1. The monoisotopic (exact) mass is 247 g/mol. The summed E-state index contributed by atoms with van der Waals surface area (Å²) in [5.41, 5.74) is 2.12. The molecule has 19 heavy (non-hydrogen) atoms. The van der Waals surface area contributed by atoms with E-state index in [0.717, 1.165) is 11.0 Å². The molecule has 0 saturated heterocycles. The summed E-state index contributed by atoms with van der Waals surface area (Å²) in [5.74, 6) is 0. The fourth-order valence-electron chi connectivity index (χ4n) is 1.91. The van der Waals surface area contributed by atoms with Crippen molar-refractivity contribution in [1.82, 2.24) is 15.0 Å². The largest absolute Gasteiger partial charge is 0.345 e. The summed E-state index contributed by atoms with van der Waals surface area (Å²) >= 11 is 0. The van der Waals surface area contributed by atoms with Crippen LogP contribution < -0.4 is 0 Å². The van der Waals surface area contributed by atoms with Gasteiger partial charge in [0.25, 0.3) is 0 Å². The van der Waals surface area contributed by atoms with Crippen molar-refractivity contribution in [2.24, 2.45) is 0 Å². The van der Waals surface area contributed by atoms with E-state index in [1.165, 1.54) is 10.8 Å². The van der Waals surface area contributed by atoms with Crippen LogP contribution in [-0.2, 0) is 0 Å². The van der Waals surface area contributed by atoms with E-state index in [2.05, 4.69) is 27.1 Å². The van der Waals surface area contributed by atoms with Gasteiger partial charge < -0.3 is 4.98 Å². The van der Waals surface area contributed by atoms with Crippen molar-refractivity contribution in [1.29, 1.82) is 0 Å². The Morgan fingerprint density at radius 3 is 2.42 bits per heavy atom. The number of hydrogen-bond donors (Lipinski definition) is 1. The predicted molar refractivity (Wildman–Crippen MR) is 77.8 cm³/mol. The van der Waals surface area contributed by atoms with Crippen molar-refractivity contribution in [3.63, 3.8) is 0 Å². The lowest BCUT2D eigenvalue weighted by atomic mass is 10.2. The van der Waals surface area contributed by atoms with Gasteiger partial charge in [-0.3, -0.25) is 4.98 Å². The molecule has 0 saturated carbocycles. The number of nitrogens with one attached hydrogen (secondary N) is 1. The summed E-state index contributed by atoms with van der Waals surface area (Å²) in [6.45, 7) is 0. The summed E-state index contributed by atoms with van der Waals surface area (Å²) < 4.78 is 0. The Morgan fingerprint density at radius 2 is 1.58 bits per heavy atom. The average molecular weight is 247 g/mol. The van der Waals surface area contributed by atoms with Crippen molar-refractivity contribution in [2.75, 3.05) is 0 Å². The molecule has 4 rings (SSSR count). The van der Waals surface area contributed by atoms with Gasteiger partial charge in [-0.05, 0) is 29.0 Å². The lowest BCUT2D eigenvalue weighted by Crippen LogP contribution is -1.71. The molecule has 2 aromatic carbocycles. The van der Waals surface area contributed by atoms with E-state index in [1.807, 2.05) is 54.9 Å². The summed E-state index contributed by atoms with van der Waals surface area (Å²) in [6, 6.07) is 18.1. The van der Waals surface area contributed by atoms with E-state index >= 15 is 0 Å². The summed E-state index contributed by atoms with van der Waals surface area (Å²) in [6.07, 6.45) is 5.38. The van der Waals surface area contributed by atoms with E-state index < -0.39 is 0 Å². The normalized spacial score (nSPS) is 10.1. The number of rotatable bonds is 0. The third-order valence-corrected chi connectivity index (χ3v) is 2.88. The maximum Gasteiger partial charge on any atom is 0.0931 e. The Bertz CT molecular complexity index is 694. The first-order valence-corrected chi connectivity index (χ1v) is 6.10. The Morgan fingerprint density at radius 1 is 0.789 bits per heavy atom. The molecule has 0 atom stereocenters. The van der Waals surface area contributed by atoms with Gasteiger partial charge in [0.15, 0.2) is 0 Å². The predicted octanol–water partition coefficient (Wildman–Crippen LogP) is 3.80. The topological polar surface area (TPSA) is 41.6 Å². The molecule has 3 heteroatoms. The van der Waals surface area contributed by atoms with Gasteiger partial charge in [0.1, 0.15) is 0 Å². The SMILES string of the molecule is c1ccc2[nH]cnc2c1.c1ccc2cnccc2c1. The molecule has 0 fully saturated rings. The van der Waals surface area contributed by atoms with Crippen LogP contribution in [0.2, 0.25) is 0 Å². The zero-order chi connectivity index (χ0) is 12.9. The number of hydrogen-bond acceptors (Lipinski definition) is 2. The molecule has 0 radical (unpaired) electrons. The van der Waals surface area contributed by atoms with Gasteiger partial charge >= 0.3 is 0 Å². The molecule has 4 aromatic rings. The number of fused-ring (bicyclic) bond motifs is 2. The quantitative estimate of drug-likeness (QED) is 0.513. The van der Waals surface area contributed by atoms with Crippen LogP contribution in [0.3, 0.4) is 0 Å². The number of aromatic nitrogens is 3. The van der Waals surface area contributed by atoms with Crippen molar-refractivity contribution < 1.29 is 0 Å². The molecule has 92 valence electrons. The van der Waals surface area contributed by atoms with Gasteiger partial charge in [-0.15, -0.1) is 0 Å². The minimum atomic E-state index is 1.03. The van der Waals surface area contributed by atoms with Crippen LogP contribution in [0.25, 0.3) is 21.8 Å². The van der Waals surface area contributed by atoms with E-state index in [4.69, 9.17) is 0 Å². The maximum atomic E-state index is 4.06. The lowest BCUT2D eigenvalue weighted by molar-refractivity contribution is 1.34. The number of imidazole rings is 1. The first kappa shape index (κ1) is 11.4. The molecule has 0 aliphatic carbocycles. The van der Waals surface area contributed by atoms with Crippen LogP contribution in [0.1, 0.15) is 0 Å². The van der Waals surface area contributed by atoms with Gasteiger partial charge in [-0.25, -0.2) is 4.98 Å². The van der Waals surface area contributed by atoms with Crippen LogP contribution in [0.15, 0.2) is 73.3 Å². The van der Waals surface area contributed by atoms with Crippen molar-refractivity contribution >= 4 is 21.8 Å². The Hall–Kier alpha value is -2.68. The molecular formula is C16H13N3. The first-order valence-electron chi connectivity index (χ1n) is 6.10. The van der Waals surface area contributed by atoms with Crippen molar-refractivity contribution in [2.45, 2.75) is 0 Å². The molecule has 3 nitrogen and oxygen atoms in total. The second-order valence-electron chi connectivity index (χ2n) is 4.14. The lowest BCUT2D eigenvalue weighted by Gasteiger charge is -1.91. The summed E-state index contributed by atoms with van der Waals surface area (Å²) in [5, 5.41) is 2.45. The maximum absolute atomic E-state index is 4.06. The molecular weight excluding hydrogens is 234 g/mol. The standard InChI is InChI=1S/C9H7N.C7H6N2/c1-2-4-9-7-10-6-5-8(9)3-1;1-2-4-7-6(3-1)8-5-9-7/h1-7H;1-5H,(H,8,9). The fraction of sp³-hybridized carbons (Fsp3) is 0. The van der Waals surface area contributed by atoms with Crippen LogP contribution in [0.4, 0.5) is 0 Å². The Labute approximate surface area is 111 Å². The molecule has 1 N–H and O–H groups in total. The van der Waals surface area contributed by atoms with Crippen molar-refractivity contribution in [3.05, 3.63) is 73.3 Å². The van der Waals surface area contributed by atoms with Gasteiger partial charge in [0.2, 0.25) is 0 Å². The molecule has 0 amide bonds. The second kappa shape index (κ2) is 5.31. The zero-order valence-corrected chi connectivity index (χ0v) is 10.3. The first-order chi connectivity index (χ1) is 9.43. The van der Waals surface area contributed by atoms with Crippen LogP contribution in [-0.4, -0.2) is 15.0 Å². The zero-order valence-electron chi connectivity index (χ0n) is 10.3. The Balaban J connectivity index is 0.000000117. The van der Waals surface area contributed by atoms with Gasteiger partial charge in [-0.2, -0.15) is 0 Å². The molecule has 0 aliphatic heterocycles. The number of pyridine rings is 1. The molecule has 0 bridgehead atoms. The number of para-hydroxylation sites is 2. The third kappa shape index (κ3) is 2.60. The summed E-state index contributed by atoms with van der Waals surface area (Å²) in [4.78, 5) is 11.1. The molecule has 0 spiro atoms. The average Bonchev–Trinajstić information content (AvgIpc) is 2.96. The van der Waals surface area contributed by atoms with E-state index in [-0.39, 0.29) is 0 Å². The highest BCUT2D eigenvalue weighted by molar-refractivity contribution is 5.81. The van der Waals surface area contributed by atoms with Gasteiger partial charge in [-0.1, -0.05) is 36.4 Å². The van der Waals surface area contributed by atoms with Crippen LogP contribution in [0.5, 0.6) is 0 Å². The second-order valence-corrected chi connectivity index (χ2v) is 4.14. The number of benzene rings is 2. The molecule has 2 heterocycles. The van der Waals surface area contributed by atoms with E-state index in [0.29, 0.717) is 0 Å². The van der Waals surface area contributed by atoms with Crippen molar-refractivity contribution in [3.8, 4) is 0 Å². The van der Waals surface area contributed by atoms with Gasteiger partial charge in [0.05, 0.1) is 17.4 Å². The minimum Gasteiger partial charge on any atom is -0.345 e. The summed E-state index contributed by atoms with van der Waals surface area (Å²) in [7, 11) is 0. The fourth-order valence-corrected chi connectivity index (χ4v) is 1.91. The molecule has 0 aliphatic rings. The smallest absolute Gasteiger partial charge is 0.0931 e. The van der Waals surface area contributed by atoms with Crippen LogP contribution >= 0.6 is 0 Å². The number of aromatic amines is 1. The number of nitrogens with zero attached hydrogens (tertiary/aromatic N) is 2. The van der Waals surface area contributed by atoms with Gasteiger partial charge in [0, 0.05) is 12.4 Å². The third-order valence-electron chi connectivity index (χ3n) is 2.88. The Kier molecular flexibility index (Phi) is 3.19. The minimum absolute atomic E-state index is 1.03. The highest BCUT2D eigenvalue weighted by Gasteiger charge is 1.88. The van der Waals surface area contributed by atoms with E-state index in [9.17, 15) is 0 Å².